The molecule has 2 aromatic carbocycles. The van der Waals surface area contributed by atoms with Crippen LogP contribution < -0.4 is 10.2 Å². The van der Waals surface area contributed by atoms with Gasteiger partial charge in [-0.3, -0.25) is 19.7 Å². The standard InChI is InChI=1S/C29H34N6OS/c1-21-6-11-25(17-26(21)31-29-32-27(20-37-29)24-5-4-12-30-18-24)34(3)28(36)23-9-7-22(8-10-23)19-35-15-13-33(2)14-16-35/h4-12,17-18,27H,13-16,19-20H2,1-3H3,(H,31,32). The predicted octanol–water partition coefficient (Wildman–Crippen LogP) is 4.67. The van der Waals surface area contributed by atoms with Crippen molar-refractivity contribution in [1.82, 2.24) is 14.8 Å². The number of amides is 1. The number of nitrogens with one attached hydrogen (secondary N) is 1. The van der Waals surface area contributed by atoms with E-state index in [9.17, 15) is 4.79 Å². The van der Waals surface area contributed by atoms with Crippen LogP contribution in [0.15, 0.2) is 72.0 Å². The van der Waals surface area contributed by atoms with E-state index in [1.165, 1.54) is 5.56 Å². The molecule has 0 aliphatic carbocycles. The number of piperazine rings is 1. The van der Waals surface area contributed by atoms with Crippen LogP contribution in [0, 0.1) is 6.92 Å². The van der Waals surface area contributed by atoms with Crippen molar-refractivity contribution < 1.29 is 4.79 Å². The first-order valence-electron chi connectivity index (χ1n) is 12.7. The summed E-state index contributed by atoms with van der Waals surface area (Å²) >= 11 is 1.70. The summed E-state index contributed by atoms with van der Waals surface area (Å²) in [5.74, 6) is 0.862. The molecule has 0 bridgehead atoms. The maximum absolute atomic E-state index is 13.3. The molecule has 3 aromatic rings. The Kier molecular flexibility index (Phi) is 7.88. The fraction of sp³-hybridized carbons (Fsp3) is 0.345. The number of likely N-dealkylation sites (N-methyl/N-ethyl adjacent to an activating group) is 1. The molecule has 37 heavy (non-hydrogen) atoms. The van der Waals surface area contributed by atoms with Crippen molar-refractivity contribution >= 4 is 34.2 Å². The van der Waals surface area contributed by atoms with Gasteiger partial charge in [0.05, 0.1) is 6.04 Å². The van der Waals surface area contributed by atoms with Crippen LogP contribution in [0.5, 0.6) is 0 Å². The highest BCUT2D eigenvalue weighted by Crippen LogP contribution is 2.32. The predicted molar refractivity (Wildman–Crippen MR) is 154 cm³/mol. The minimum absolute atomic E-state index is 0.0230. The van der Waals surface area contributed by atoms with Gasteiger partial charge < -0.3 is 15.1 Å². The van der Waals surface area contributed by atoms with Crippen LogP contribution in [0.4, 0.5) is 11.4 Å². The Morgan fingerprint density at radius 2 is 1.89 bits per heavy atom. The summed E-state index contributed by atoms with van der Waals surface area (Å²) in [5, 5.41) is 4.37. The molecule has 1 saturated heterocycles. The van der Waals surface area contributed by atoms with E-state index in [0.29, 0.717) is 5.56 Å². The third kappa shape index (κ3) is 6.21. The van der Waals surface area contributed by atoms with Crippen LogP contribution in [0.2, 0.25) is 0 Å². The number of hydrogen-bond donors (Lipinski definition) is 1. The van der Waals surface area contributed by atoms with Gasteiger partial charge in [0.1, 0.15) is 0 Å². The monoisotopic (exact) mass is 514 g/mol. The Morgan fingerprint density at radius 1 is 1.11 bits per heavy atom. The smallest absolute Gasteiger partial charge is 0.258 e. The highest BCUT2D eigenvalue weighted by molar-refractivity contribution is 8.14. The molecule has 0 saturated carbocycles. The molecule has 2 aliphatic rings. The van der Waals surface area contributed by atoms with Crippen molar-refractivity contribution in [3.05, 3.63) is 89.2 Å². The maximum Gasteiger partial charge on any atom is 0.258 e. The van der Waals surface area contributed by atoms with Gasteiger partial charge in [-0.05, 0) is 61.0 Å². The van der Waals surface area contributed by atoms with E-state index in [1.807, 2.05) is 49.6 Å². The lowest BCUT2D eigenvalue weighted by Gasteiger charge is -2.32. The number of benzene rings is 2. The first-order chi connectivity index (χ1) is 18.0. The van der Waals surface area contributed by atoms with E-state index >= 15 is 0 Å². The van der Waals surface area contributed by atoms with E-state index in [1.54, 1.807) is 22.9 Å². The minimum Gasteiger partial charge on any atom is -0.335 e. The van der Waals surface area contributed by atoms with Gasteiger partial charge in [0.25, 0.3) is 5.91 Å². The first-order valence-corrected chi connectivity index (χ1v) is 13.7. The summed E-state index contributed by atoms with van der Waals surface area (Å²) in [6, 6.07) is 18.2. The number of amidine groups is 1. The van der Waals surface area contributed by atoms with Gasteiger partial charge in [0.15, 0.2) is 5.17 Å². The first kappa shape index (κ1) is 25.4. The summed E-state index contributed by atoms with van der Waals surface area (Å²) in [5.41, 5.74) is 5.95. The van der Waals surface area contributed by atoms with E-state index in [2.05, 4.69) is 52.3 Å². The van der Waals surface area contributed by atoms with E-state index in [-0.39, 0.29) is 11.9 Å². The number of pyridine rings is 1. The number of aliphatic imine (C=N–C) groups is 1. The van der Waals surface area contributed by atoms with Crippen LogP contribution in [0.1, 0.15) is 33.1 Å². The fourth-order valence-corrected chi connectivity index (χ4v) is 5.55. The number of carbonyl (C=O) groups excluding carboxylic acids is 1. The summed E-state index contributed by atoms with van der Waals surface area (Å²) < 4.78 is 0. The lowest BCUT2D eigenvalue weighted by molar-refractivity contribution is 0.0993. The molecular weight excluding hydrogens is 480 g/mol. The highest BCUT2D eigenvalue weighted by Gasteiger charge is 2.21. The van der Waals surface area contributed by atoms with Crippen molar-refractivity contribution in [2.45, 2.75) is 19.5 Å². The molecule has 3 heterocycles. The third-order valence-electron chi connectivity index (χ3n) is 7.08. The van der Waals surface area contributed by atoms with Gasteiger partial charge in [-0.2, -0.15) is 0 Å². The van der Waals surface area contributed by atoms with E-state index in [0.717, 1.165) is 66.1 Å². The largest absolute Gasteiger partial charge is 0.335 e. The molecular formula is C29H34N6OS. The molecule has 1 unspecified atom stereocenters. The number of carbonyl (C=O) groups is 1. The van der Waals surface area contributed by atoms with Gasteiger partial charge in [-0.25, -0.2) is 0 Å². The van der Waals surface area contributed by atoms with Crippen LogP contribution in [-0.2, 0) is 6.54 Å². The maximum atomic E-state index is 13.3. The molecule has 1 amide bonds. The van der Waals surface area contributed by atoms with Crippen LogP contribution in [0.3, 0.4) is 0 Å². The van der Waals surface area contributed by atoms with Crippen LogP contribution in [0.25, 0.3) is 0 Å². The SMILES string of the molecule is Cc1ccc(N(C)C(=O)c2ccc(CN3CCN(C)CC3)cc2)cc1NC1=NC(c2cccnc2)CS1. The second kappa shape index (κ2) is 11.5. The van der Waals surface area contributed by atoms with Crippen molar-refractivity contribution in [3.63, 3.8) is 0 Å². The number of aromatic nitrogens is 1. The molecule has 8 heteroatoms. The van der Waals surface area contributed by atoms with Gasteiger partial charge >= 0.3 is 0 Å². The molecule has 1 fully saturated rings. The number of hydrogen-bond acceptors (Lipinski definition) is 7. The second-order valence-corrected chi connectivity index (χ2v) is 10.8. The lowest BCUT2D eigenvalue weighted by Crippen LogP contribution is -2.43. The van der Waals surface area contributed by atoms with Crippen molar-refractivity contribution in [1.29, 1.82) is 0 Å². The third-order valence-corrected chi connectivity index (χ3v) is 8.04. The molecule has 0 radical (unpaired) electrons. The van der Waals surface area contributed by atoms with Crippen molar-refractivity contribution in [2.24, 2.45) is 4.99 Å². The molecule has 1 aromatic heterocycles. The minimum atomic E-state index is -0.0230. The van der Waals surface area contributed by atoms with Crippen LogP contribution in [-0.4, -0.2) is 71.9 Å². The van der Waals surface area contributed by atoms with Crippen molar-refractivity contribution in [2.75, 3.05) is 56.2 Å². The Balaban J connectivity index is 1.24. The highest BCUT2D eigenvalue weighted by atomic mass is 32.2. The molecule has 2 aliphatic heterocycles. The zero-order chi connectivity index (χ0) is 25.8. The summed E-state index contributed by atoms with van der Waals surface area (Å²) in [6.45, 7) is 7.36. The van der Waals surface area contributed by atoms with Crippen LogP contribution >= 0.6 is 11.8 Å². The second-order valence-electron chi connectivity index (χ2n) is 9.81. The topological polar surface area (TPSA) is 64.1 Å². The molecule has 0 spiro atoms. The van der Waals surface area contributed by atoms with Gasteiger partial charge in [-0.1, -0.05) is 36.0 Å². The number of nitrogens with zero attached hydrogens (tertiary/aromatic N) is 5. The zero-order valence-electron chi connectivity index (χ0n) is 21.7. The Morgan fingerprint density at radius 3 is 2.62 bits per heavy atom. The Hall–Kier alpha value is -3.20. The average molecular weight is 515 g/mol. The Bertz CT molecular complexity index is 1260. The van der Waals surface area contributed by atoms with Gasteiger partial charge in [-0.15, -0.1) is 0 Å². The summed E-state index contributed by atoms with van der Waals surface area (Å²) in [6.07, 6.45) is 3.66. The molecule has 1 atom stereocenters. The molecule has 5 rings (SSSR count). The molecule has 1 N–H and O–H groups in total. The fourth-order valence-electron chi connectivity index (χ4n) is 4.58. The van der Waals surface area contributed by atoms with Crippen molar-refractivity contribution in [3.8, 4) is 0 Å². The number of anilines is 2. The lowest BCUT2D eigenvalue weighted by atomic mass is 10.1. The summed E-state index contributed by atoms with van der Waals surface area (Å²) in [4.78, 5) is 28.9. The Labute approximate surface area is 223 Å². The average Bonchev–Trinajstić information content (AvgIpc) is 3.40. The quantitative estimate of drug-likeness (QED) is 0.516. The number of aryl methyl sites for hydroxylation is 1. The zero-order valence-corrected chi connectivity index (χ0v) is 22.5. The normalized spacial score (nSPS) is 18.5. The number of thioether (sulfide) groups is 1. The molecule has 7 nitrogen and oxygen atoms in total. The van der Waals surface area contributed by atoms with Gasteiger partial charge in [0.2, 0.25) is 0 Å². The van der Waals surface area contributed by atoms with E-state index < -0.39 is 0 Å². The summed E-state index contributed by atoms with van der Waals surface area (Å²) in [7, 11) is 4.00. The number of rotatable bonds is 6. The van der Waals surface area contributed by atoms with Gasteiger partial charge in [0, 0.05) is 74.9 Å². The van der Waals surface area contributed by atoms with E-state index in [4.69, 9.17) is 4.99 Å². The molecule has 192 valence electrons.